The highest BCUT2D eigenvalue weighted by Crippen LogP contribution is 2.24. The number of hydrogen-bond donors (Lipinski definition) is 1. The van der Waals surface area contributed by atoms with Crippen LogP contribution in [0.15, 0.2) is 38.2 Å². The van der Waals surface area contributed by atoms with E-state index in [4.69, 9.17) is 10.3 Å². The molecule has 0 aliphatic carbocycles. The molecule has 1 aromatic heterocycles. The molecule has 19 heavy (non-hydrogen) atoms. The topological polar surface area (TPSA) is 64.9 Å². The van der Waals surface area contributed by atoms with Gasteiger partial charge in [0, 0.05) is 9.37 Å². The minimum atomic E-state index is -0.195. The summed E-state index contributed by atoms with van der Waals surface area (Å²) in [5.41, 5.74) is 5.97. The average molecular weight is 342 g/mol. The lowest BCUT2D eigenvalue weighted by Gasteiger charge is -2.09. The maximum absolute atomic E-state index is 5.97. The van der Waals surface area contributed by atoms with E-state index in [9.17, 15) is 0 Å². The zero-order valence-electron chi connectivity index (χ0n) is 10.8. The molecule has 0 saturated carbocycles. The smallest absolute Gasteiger partial charge is 0.243 e. The minimum absolute atomic E-state index is 0.195. The Morgan fingerprint density at radius 2 is 2.00 bits per heavy atom. The Balaban J connectivity index is 1.95. The monoisotopic (exact) mass is 341 g/mol. The van der Waals surface area contributed by atoms with E-state index >= 15 is 0 Å². The van der Waals surface area contributed by atoms with E-state index in [1.165, 1.54) is 4.90 Å². The van der Waals surface area contributed by atoms with Crippen molar-refractivity contribution in [1.82, 2.24) is 10.1 Å². The van der Waals surface area contributed by atoms with E-state index in [2.05, 4.69) is 38.2 Å². The van der Waals surface area contributed by atoms with Crippen LogP contribution in [0.1, 0.15) is 31.6 Å². The number of hydrogen-bond acceptors (Lipinski definition) is 5. The van der Waals surface area contributed by atoms with Gasteiger partial charge in [0.15, 0.2) is 5.82 Å². The van der Waals surface area contributed by atoms with Crippen LogP contribution >= 0.6 is 27.7 Å². The van der Waals surface area contributed by atoms with Gasteiger partial charge in [-0.2, -0.15) is 4.98 Å². The average Bonchev–Trinajstić information content (AvgIpc) is 2.86. The van der Waals surface area contributed by atoms with Gasteiger partial charge in [0.25, 0.3) is 0 Å². The summed E-state index contributed by atoms with van der Waals surface area (Å²) in [5.74, 6) is 2.16. The molecule has 6 heteroatoms. The first-order chi connectivity index (χ1) is 9.06. The molecule has 0 aliphatic heterocycles. The van der Waals surface area contributed by atoms with Crippen LogP contribution in [0.3, 0.4) is 0 Å². The van der Waals surface area contributed by atoms with Crippen LogP contribution in [0.4, 0.5) is 0 Å². The molecule has 0 fully saturated rings. The molecule has 1 atom stereocenters. The summed E-state index contributed by atoms with van der Waals surface area (Å²) < 4.78 is 6.26. The van der Waals surface area contributed by atoms with Crippen LogP contribution in [-0.4, -0.2) is 10.1 Å². The van der Waals surface area contributed by atoms with Crippen LogP contribution < -0.4 is 5.73 Å². The van der Waals surface area contributed by atoms with Gasteiger partial charge in [0.05, 0.1) is 11.8 Å². The van der Waals surface area contributed by atoms with E-state index in [0.717, 1.165) is 4.47 Å². The molecule has 0 saturated heterocycles. The molecular weight excluding hydrogens is 326 g/mol. The summed E-state index contributed by atoms with van der Waals surface area (Å²) in [6.07, 6.45) is 0. The molecule has 2 N–H and O–H groups in total. The van der Waals surface area contributed by atoms with Gasteiger partial charge in [-0.25, -0.2) is 0 Å². The number of rotatable bonds is 5. The van der Waals surface area contributed by atoms with E-state index in [1.54, 1.807) is 11.8 Å². The molecule has 4 nitrogen and oxygen atoms in total. The van der Waals surface area contributed by atoms with Crippen molar-refractivity contribution in [1.29, 1.82) is 0 Å². The molecular formula is C13H16BrN3OS. The molecule has 0 bridgehead atoms. The molecule has 0 spiro atoms. The second-order valence-corrected chi connectivity index (χ2v) is 6.53. The second-order valence-electron chi connectivity index (χ2n) is 4.56. The Labute approximate surface area is 125 Å². The quantitative estimate of drug-likeness (QED) is 0.838. The summed E-state index contributed by atoms with van der Waals surface area (Å²) in [6.45, 7) is 4.07. The first-order valence-electron chi connectivity index (χ1n) is 6.02. The molecule has 0 radical (unpaired) electrons. The zero-order valence-corrected chi connectivity index (χ0v) is 13.2. The van der Waals surface area contributed by atoms with Gasteiger partial charge >= 0.3 is 0 Å². The fraction of sp³-hybridized carbons (Fsp3) is 0.385. The summed E-state index contributed by atoms with van der Waals surface area (Å²) in [6, 6.07) is 7.93. The number of thioether (sulfide) groups is 1. The fourth-order valence-electron chi connectivity index (χ4n) is 1.43. The van der Waals surface area contributed by atoms with Crippen LogP contribution in [0, 0.1) is 5.92 Å². The first-order valence-corrected chi connectivity index (χ1v) is 7.80. The predicted molar refractivity (Wildman–Crippen MR) is 79.8 cm³/mol. The molecule has 0 aliphatic rings. The van der Waals surface area contributed by atoms with E-state index in [-0.39, 0.29) is 12.0 Å². The van der Waals surface area contributed by atoms with Gasteiger partial charge < -0.3 is 10.3 Å². The third kappa shape index (κ3) is 4.06. The maximum Gasteiger partial charge on any atom is 0.243 e. The Kier molecular flexibility index (Phi) is 5.01. The number of nitrogens with two attached hydrogens (primary N) is 1. The van der Waals surface area contributed by atoms with Crippen molar-refractivity contribution >= 4 is 27.7 Å². The third-order valence-corrected chi connectivity index (χ3v) is 4.21. The van der Waals surface area contributed by atoms with E-state index < -0.39 is 0 Å². The Hall–Kier alpha value is -0.850. The fourth-order valence-corrected chi connectivity index (χ4v) is 2.43. The Morgan fingerprint density at radius 3 is 2.63 bits per heavy atom. The number of nitrogens with zero attached hydrogens (tertiary/aromatic N) is 2. The van der Waals surface area contributed by atoms with Gasteiger partial charge in [0.2, 0.25) is 5.89 Å². The highest BCUT2D eigenvalue weighted by atomic mass is 79.9. The van der Waals surface area contributed by atoms with Crippen molar-refractivity contribution < 1.29 is 4.52 Å². The van der Waals surface area contributed by atoms with E-state index in [0.29, 0.717) is 17.5 Å². The second kappa shape index (κ2) is 6.54. The first kappa shape index (κ1) is 14.6. The zero-order chi connectivity index (χ0) is 13.8. The molecule has 1 aromatic carbocycles. The number of aromatic nitrogens is 2. The van der Waals surface area contributed by atoms with Gasteiger partial charge in [0.1, 0.15) is 0 Å². The van der Waals surface area contributed by atoms with Crippen LogP contribution in [-0.2, 0) is 5.75 Å². The highest BCUT2D eigenvalue weighted by molar-refractivity contribution is 9.10. The van der Waals surface area contributed by atoms with Crippen LogP contribution in [0.2, 0.25) is 0 Å². The van der Waals surface area contributed by atoms with E-state index in [1.807, 2.05) is 26.0 Å². The highest BCUT2D eigenvalue weighted by Gasteiger charge is 2.17. The molecule has 2 aromatic rings. The lowest BCUT2D eigenvalue weighted by Crippen LogP contribution is -2.17. The van der Waals surface area contributed by atoms with Crippen LogP contribution in [0.5, 0.6) is 0 Å². The molecule has 0 unspecified atom stereocenters. The summed E-state index contributed by atoms with van der Waals surface area (Å²) >= 11 is 5.08. The summed E-state index contributed by atoms with van der Waals surface area (Å²) in [5, 5.41) is 3.96. The van der Waals surface area contributed by atoms with Crippen molar-refractivity contribution in [3.05, 3.63) is 40.5 Å². The largest absolute Gasteiger partial charge is 0.338 e. The van der Waals surface area contributed by atoms with Crippen molar-refractivity contribution in [2.75, 3.05) is 0 Å². The SMILES string of the molecule is CC(C)[C@H](N)c1nc(CSc2ccc(Br)cc2)no1. The Morgan fingerprint density at radius 1 is 1.32 bits per heavy atom. The van der Waals surface area contributed by atoms with Crippen LogP contribution in [0.25, 0.3) is 0 Å². The van der Waals surface area contributed by atoms with Crippen molar-refractivity contribution in [3.63, 3.8) is 0 Å². The van der Waals surface area contributed by atoms with Gasteiger partial charge in [-0.1, -0.05) is 34.9 Å². The third-order valence-electron chi connectivity index (χ3n) is 2.67. The summed E-state index contributed by atoms with van der Waals surface area (Å²) in [4.78, 5) is 5.50. The van der Waals surface area contributed by atoms with Gasteiger partial charge in [-0.3, -0.25) is 0 Å². The molecule has 1 heterocycles. The van der Waals surface area contributed by atoms with Crippen molar-refractivity contribution in [2.24, 2.45) is 11.7 Å². The molecule has 102 valence electrons. The van der Waals surface area contributed by atoms with Crippen molar-refractivity contribution in [3.8, 4) is 0 Å². The summed E-state index contributed by atoms with van der Waals surface area (Å²) in [7, 11) is 0. The lowest BCUT2D eigenvalue weighted by atomic mass is 10.1. The Bertz CT molecular complexity index is 527. The van der Waals surface area contributed by atoms with Gasteiger partial charge in [-0.15, -0.1) is 11.8 Å². The minimum Gasteiger partial charge on any atom is -0.338 e. The standard InChI is InChI=1S/C13H16BrN3OS/c1-8(2)12(15)13-16-11(17-18-13)7-19-10-5-3-9(14)4-6-10/h3-6,8,12H,7,15H2,1-2H3/t12-/m0/s1. The normalized spacial score (nSPS) is 12.9. The number of benzene rings is 1. The predicted octanol–water partition coefficient (Wildman–Crippen LogP) is 3.78. The lowest BCUT2D eigenvalue weighted by molar-refractivity contribution is 0.323. The van der Waals surface area contributed by atoms with Crippen molar-refractivity contribution in [2.45, 2.75) is 30.5 Å². The molecule has 0 amide bonds. The van der Waals surface area contributed by atoms with Gasteiger partial charge in [-0.05, 0) is 30.2 Å². The maximum atomic E-state index is 5.97. The number of halogens is 1. The molecule has 2 rings (SSSR count).